The first-order valence-electron chi connectivity index (χ1n) is 5.18. The zero-order chi connectivity index (χ0) is 13.3. The standard InChI is InChI=1S/C9H20N2O4S2/c1-14-6-3-4-11(5-7-15-2)17(12,13)8-9(10)16/h3-8H2,1-2H3,(H2,10,16). The van der Waals surface area contributed by atoms with Crippen LogP contribution >= 0.6 is 12.2 Å². The molecular formula is C9H20N2O4S2. The molecule has 17 heavy (non-hydrogen) atoms. The highest BCUT2D eigenvalue weighted by Gasteiger charge is 2.22. The molecule has 0 aromatic carbocycles. The zero-order valence-electron chi connectivity index (χ0n) is 10.2. The van der Waals surface area contributed by atoms with Crippen molar-refractivity contribution in [3.63, 3.8) is 0 Å². The molecule has 0 heterocycles. The summed E-state index contributed by atoms with van der Waals surface area (Å²) in [6.07, 6.45) is 0.622. The van der Waals surface area contributed by atoms with E-state index in [-0.39, 0.29) is 10.7 Å². The Morgan fingerprint density at radius 2 is 1.82 bits per heavy atom. The molecule has 8 heteroatoms. The van der Waals surface area contributed by atoms with Crippen molar-refractivity contribution >= 4 is 27.2 Å². The number of hydrogen-bond donors (Lipinski definition) is 1. The number of hydrogen-bond acceptors (Lipinski definition) is 5. The first-order valence-corrected chi connectivity index (χ1v) is 7.19. The molecule has 0 aliphatic rings. The van der Waals surface area contributed by atoms with Gasteiger partial charge in [0.15, 0.2) is 0 Å². The molecule has 0 saturated heterocycles. The second kappa shape index (κ2) is 8.76. The summed E-state index contributed by atoms with van der Waals surface area (Å²) in [5.41, 5.74) is 5.27. The molecule has 0 unspecified atom stereocenters. The Morgan fingerprint density at radius 1 is 1.24 bits per heavy atom. The number of thiocarbonyl (C=S) groups is 1. The van der Waals surface area contributed by atoms with Crippen molar-refractivity contribution in [1.29, 1.82) is 0 Å². The molecule has 6 nitrogen and oxygen atoms in total. The number of methoxy groups -OCH3 is 2. The molecule has 0 radical (unpaired) electrons. The number of sulfonamides is 1. The van der Waals surface area contributed by atoms with Gasteiger partial charge in [-0.25, -0.2) is 8.42 Å². The maximum atomic E-state index is 11.9. The van der Waals surface area contributed by atoms with Gasteiger partial charge in [-0.05, 0) is 6.42 Å². The number of nitrogens with two attached hydrogens (primary N) is 1. The van der Waals surface area contributed by atoms with Crippen LogP contribution in [0.3, 0.4) is 0 Å². The fraction of sp³-hybridized carbons (Fsp3) is 0.889. The van der Waals surface area contributed by atoms with E-state index < -0.39 is 10.0 Å². The highest BCUT2D eigenvalue weighted by molar-refractivity contribution is 7.92. The monoisotopic (exact) mass is 284 g/mol. The summed E-state index contributed by atoms with van der Waals surface area (Å²) in [5, 5.41) is 0. The molecule has 0 aliphatic heterocycles. The second-order valence-corrected chi connectivity index (χ2v) is 5.95. The van der Waals surface area contributed by atoms with Crippen molar-refractivity contribution in [3.8, 4) is 0 Å². The number of ether oxygens (including phenoxy) is 2. The van der Waals surface area contributed by atoms with Gasteiger partial charge in [-0.1, -0.05) is 12.2 Å². The molecule has 0 spiro atoms. The van der Waals surface area contributed by atoms with E-state index in [0.29, 0.717) is 32.7 Å². The van der Waals surface area contributed by atoms with Gasteiger partial charge in [-0.15, -0.1) is 0 Å². The number of nitrogens with zero attached hydrogens (tertiary/aromatic N) is 1. The largest absolute Gasteiger partial charge is 0.392 e. The normalized spacial score (nSPS) is 11.9. The highest BCUT2D eigenvalue weighted by Crippen LogP contribution is 2.03. The third-order valence-corrected chi connectivity index (χ3v) is 4.17. The highest BCUT2D eigenvalue weighted by atomic mass is 32.2. The van der Waals surface area contributed by atoms with Gasteiger partial charge in [0.05, 0.1) is 11.6 Å². The Bertz CT molecular complexity index is 319. The lowest BCUT2D eigenvalue weighted by molar-refractivity contribution is 0.164. The second-order valence-electron chi connectivity index (χ2n) is 3.46. The van der Waals surface area contributed by atoms with Crippen LogP contribution in [0.1, 0.15) is 6.42 Å². The maximum Gasteiger partial charge on any atom is 0.220 e. The third kappa shape index (κ3) is 7.61. The molecule has 0 amide bonds. The molecule has 0 bridgehead atoms. The minimum Gasteiger partial charge on any atom is -0.392 e. The molecule has 0 aromatic heterocycles. The predicted molar refractivity (Wildman–Crippen MR) is 70.5 cm³/mol. The molecule has 0 rings (SSSR count). The molecule has 102 valence electrons. The van der Waals surface area contributed by atoms with Crippen molar-refractivity contribution < 1.29 is 17.9 Å². The van der Waals surface area contributed by atoms with Crippen molar-refractivity contribution in [1.82, 2.24) is 4.31 Å². The van der Waals surface area contributed by atoms with Crippen molar-refractivity contribution in [2.75, 3.05) is 46.3 Å². The topological polar surface area (TPSA) is 81.9 Å². The predicted octanol–water partition coefficient (Wildman–Crippen LogP) is -0.413. The lowest BCUT2D eigenvalue weighted by Crippen LogP contribution is -2.39. The summed E-state index contributed by atoms with van der Waals surface area (Å²) < 4.78 is 34.9. The Morgan fingerprint density at radius 3 is 2.29 bits per heavy atom. The van der Waals surface area contributed by atoms with Gasteiger partial charge in [0.2, 0.25) is 10.0 Å². The summed E-state index contributed by atoms with van der Waals surface area (Å²) in [6, 6.07) is 0. The molecule has 0 fully saturated rings. The van der Waals surface area contributed by atoms with Gasteiger partial charge in [-0.3, -0.25) is 0 Å². The molecule has 2 N–H and O–H groups in total. The molecule has 0 aliphatic carbocycles. The van der Waals surface area contributed by atoms with Gasteiger partial charge < -0.3 is 15.2 Å². The summed E-state index contributed by atoms with van der Waals surface area (Å²) >= 11 is 4.63. The molecule has 0 aromatic rings. The van der Waals surface area contributed by atoms with Gasteiger partial charge in [-0.2, -0.15) is 4.31 Å². The van der Waals surface area contributed by atoms with Crippen LogP contribution in [-0.4, -0.2) is 64.0 Å². The molecular weight excluding hydrogens is 264 g/mol. The van der Waals surface area contributed by atoms with E-state index in [1.807, 2.05) is 0 Å². The van der Waals surface area contributed by atoms with Crippen molar-refractivity contribution in [2.45, 2.75) is 6.42 Å². The Labute approximate surface area is 108 Å². The van der Waals surface area contributed by atoms with E-state index in [1.54, 1.807) is 7.11 Å². The van der Waals surface area contributed by atoms with Gasteiger partial charge >= 0.3 is 0 Å². The first-order chi connectivity index (χ1) is 7.94. The van der Waals surface area contributed by atoms with Crippen LogP contribution in [0.25, 0.3) is 0 Å². The SMILES string of the molecule is COCCCN(CCOC)S(=O)(=O)CC(N)=S. The van der Waals surface area contributed by atoms with Gasteiger partial charge in [0.25, 0.3) is 0 Å². The van der Waals surface area contributed by atoms with Crippen LogP contribution in [0.2, 0.25) is 0 Å². The fourth-order valence-electron chi connectivity index (χ4n) is 1.24. The molecule has 0 atom stereocenters. The fourth-order valence-corrected chi connectivity index (χ4v) is 2.99. The van der Waals surface area contributed by atoms with E-state index >= 15 is 0 Å². The smallest absolute Gasteiger partial charge is 0.220 e. The van der Waals surface area contributed by atoms with Crippen molar-refractivity contribution in [3.05, 3.63) is 0 Å². The molecule has 0 saturated carbocycles. The van der Waals surface area contributed by atoms with Gasteiger partial charge in [0, 0.05) is 33.9 Å². The number of rotatable bonds is 10. The minimum atomic E-state index is -3.44. The summed E-state index contributed by atoms with van der Waals surface area (Å²) in [7, 11) is -0.349. The van der Waals surface area contributed by atoms with E-state index in [2.05, 4.69) is 12.2 Å². The quantitative estimate of drug-likeness (QED) is 0.434. The Balaban J connectivity index is 4.47. The first kappa shape index (κ1) is 16.7. The maximum absolute atomic E-state index is 11.9. The average Bonchev–Trinajstić information content (AvgIpc) is 2.21. The van der Waals surface area contributed by atoms with Gasteiger partial charge in [0.1, 0.15) is 5.75 Å². The van der Waals surface area contributed by atoms with E-state index in [1.165, 1.54) is 11.4 Å². The summed E-state index contributed by atoms with van der Waals surface area (Å²) in [4.78, 5) is -0.0286. The van der Waals surface area contributed by atoms with Crippen molar-refractivity contribution in [2.24, 2.45) is 5.73 Å². The Kier molecular flexibility index (Phi) is 8.61. The zero-order valence-corrected chi connectivity index (χ0v) is 11.8. The minimum absolute atomic E-state index is 0.0286. The third-order valence-electron chi connectivity index (χ3n) is 2.02. The van der Waals surface area contributed by atoms with Crippen LogP contribution in [-0.2, 0) is 19.5 Å². The lowest BCUT2D eigenvalue weighted by atomic mass is 10.4. The lowest BCUT2D eigenvalue weighted by Gasteiger charge is -2.21. The van der Waals surface area contributed by atoms with Crippen LogP contribution in [0.15, 0.2) is 0 Å². The van der Waals surface area contributed by atoms with Crippen LogP contribution in [0, 0.1) is 0 Å². The summed E-state index contributed by atoms with van der Waals surface area (Å²) in [5.74, 6) is -0.307. The van der Waals surface area contributed by atoms with E-state index in [9.17, 15) is 8.42 Å². The van der Waals surface area contributed by atoms with E-state index in [0.717, 1.165) is 0 Å². The van der Waals surface area contributed by atoms with E-state index in [4.69, 9.17) is 15.2 Å². The summed E-state index contributed by atoms with van der Waals surface area (Å²) in [6.45, 7) is 1.52. The van der Waals surface area contributed by atoms with Crippen LogP contribution in [0.5, 0.6) is 0 Å². The Hall–Kier alpha value is -0.280. The van der Waals surface area contributed by atoms with Crippen LogP contribution < -0.4 is 5.73 Å². The van der Waals surface area contributed by atoms with Crippen LogP contribution in [0.4, 0.5) is 0 Å². The average molecular weight is 284 g/mol.